The molecule has 0 saturated carbocycles. The number of aromatic nitrogens is 3. The Balaban J connectivity index is 1.53. The molecule has 7 heteroatoms. The molecule has 132 valence electrons. The summed E-state index contributed by atoms with van der Waals surface area (Å²) in [7, 11) is 1.91. The predicted molar refractivity (Wildman–Crippen MR) is 103 cm³/mol. The molecular weight excluding hydrogens is 346 g/mol. The van der Waals surface area contributed by atoms with Crippen molar-refractivity contribution in [1.29, 1.82) is 0 Å². The highest BCUT2D eigenvalue weighted by atomic mass is 32.2. The number of carbonyl (C=O) groups excluding carboxylic acids is 1. The minimum Gasteiger partial charge on any atom is -0.312 e. The fourth-order valence-electron chi connectivity index (χ4n) is 2.19. The van der Waals surface area contributed by atoms with E-state index in [1.807, 2.05) is 54.9 Å². The third kappa shape index (κ3) is 4.80. The second kappa shape index (κ2) is 8.44. The van der Waals surface area contributed by atoms with Crippen molar-refractivity contribution in [1.82, 2.24) is 20.2 Å². The second-order valence-corrected chi connectivity index (χ2v) is 6.76. The molecule has 0 spiro atoms. The topological polar surface area (TPSA) is 72.2 Å². The maximum Gasteiger partial charge on any atom is 0.271 e. The molecule has 0 unspecified atom stereocenters. The van der Waals surface area contributed by atoms with Crippen LogP contribution in [0.25, 0.3) is 0 Å². The Morgan fingerprint density at radius 2 is 1.92 bits per heavy atom. The fourth-order valence-corrected chi connectivity index (χ4v) is 3.03. The Morgan fingerprint density at radius 1 is 1.19 bits per heavy atom. The van der Waals surface area contributed by atoms with Crippen LogP contribution in [0.1, 0.15) is 27.0 Å². The van der Waals surface area contributed by atoms with Gasteiger partial charge in [-0.3, -0.25) is 4.79 Å². The summed E-state index contributed by atoms with van der Waals surface area (Å²) in [6.45, 7) is 2.03. The van der Waals surface area contributed by atoms with Gasteiger partial charge in [0, 0.05) is 18.4 Å². The number of benzene rings is 2. The van der Waals surface area contributed by atoms with Gasteiger partial charge in [0.1, 0.15) is 6.33 Å². The Labute approximate surface area is 156 Å². The first-order chi connectivity index (χ1) is 12.6. The largest absolute Gasteiger partial charge is 0.312 e. The van der Waals surface area contributed by atoms with Crippen molar-refractivity contribution in [3.63, 3.8) is 0 Å². The number of hydrogen-bond donors (Lipinski definition) is 1. The van der Waals surface area contributed by atoms with Crippen LogP contribution in [0.5, 0.6) is 0 Å². The lowest BCUT2D eigenvalue weighted by molar-refractivity contribution is 0.0955. The molecule has 1 N–H and O–H groups in total. The molecule has 3 rings (SSSR count). The first-order valence-corrected chi connectivity index (χ1v) is 9.06. The number of carbonyl (C=O) groups is 1. The van der Waals surface area contributed by atoms with Crippen LogP contribution in [0.2, 0.25) is 0 Å². The summed E-state index contributed by atoms with van der Waals surface area (Å²) in [5.74, 6) is 0.529. The van der Waals surface area contributed by atoms with Gasteiger partial charge in [-0.1, -0.05) is 53.7 Å². The lowest BCUT2D eigenvalue weighted by Gasteiger charge is -2.03. The van der Waals surface area contributed by atoms with Crippen molar-refractivity contribution in [2.24, 2.45) is 12.1 Å². The molecule has 0 bridgehead atoms. The molecule has 6 nitrogen and oxygen atoms in total. The maximum atomic E-state index is 12.1. The molecule has 0 radical (unpaired) electrons. The van der Waals surface area contributed by atoms with Crippen molar-refractivity contribution in [2.45, 2.75) is 17.8 Å². The highest BCUT2D eigenvalue weighted by Crippen LogP contribution is 2.20. The van der Waals surface area contributed by atoms with E-state index in [4.69, 9.17) is 0 Å². The van der Waals surface area contributed by atoms with Gasteiger partial charge in [0.15, 0.2) is 5.16 Å². The first-order valence-electron chi connectivity index (χ1n) is 8.07. The maximum absolute atomic E-state index is 12.1. The molecule has 0 atom stereocenters. The lowest BCUT2D eigenvalue weighted by atomic mass is 10.1. The minimum absolute atomic E-state index is 0.235. The Bertz CT molecular complexity index is 900. The standard InChI is InChI=1S/C19H19N5OS/c1-14-3-5-15(6-4-14)11-20-22-18(25)17-9-7-16(8-10-17)12-26-19-23-21-13-24(19)2/h3-11,13H,12H2,1-2H3,(H,22,25)/b20-11-. The summed E-state index contributed by atoms with van der Waals surface area (Å²) >= 11 is 1.60. The number of rotatable bonds is 6. The van der Waals surface area contributed by atoms with Crippen molar-refractivity contribution in [3.05, 3.63) is 77.1 Å². The molecule has 26 heavy (non-hydrogen) atoms. The van der Waals surface area contributed by atoms with Crippen molar-refractivity contribution >= 4 is 23.9 Å². The molecule has 0 saturated heterocycles. The molecule has 3 aromatic rings. The summed E-state index contributed by atoms with van der Waals surface area (Å²) in [4.78, 5) is 12.1. The van der Waals surface area contributed by atoms with Gasteiger partial charge < -0.3 is 4.57 Å². The molecule has 1 aromatic heterocycles. The Morgan fingerprint density at radius 3 is 2.58 bits per heavy atom. The van der Waals surface area contributed by atoms with E-state index >= 15 is 0 Å². The van der Waals surface area contributed by atoms with E-state index in [0.29, 0.717) is 5.56 Å². The van der Waals surface area contributed by atoms with Gasteiger partial charge in [-0.25, -0.2) is 5.43 Å². The number of nitrogens with one attached hydrogen (secondary N) is 1. The lowest BCUT2D eigenvalue weighted by Crippen LogP contribution is -2.17. The number of aryl methyl sites for hydroxylation is 2. The zero-order valence-electron chi connectivity index (χ0n) is 14.6. The quantitative estimate of drug-likeness (QED) is 0.414. The third-order valence-corrected chi connectivity index (χ3v) is 4.82. The molecule has 1 heterocycles. The summed E-state index contributed by atoms with van der Waals surface area (Å²) in [6, 6.07) is 15.4. The van der Waals surface area contributed by atoms with Crippen LogP contribution >= 0.6 is 11.8 Å². The zero-order chi connectivity index (χ0) is 18.4. The van der Waals surface area contributed by atoms with Gasteiger partial charge in [-0.05, 0) is 30.2 Å². The van der Waals surface area contributed by atoms with E-state index in [9.17, 15) is 4.79 Å². The summed E-state index contributed by atoms with van der Waals surface area (Å²) in [5, 5.41) is 12.7. The van der Waals surface area contributed by atoms with Crippen molar-refractivity contribution in [3.8, 4) is 0 Å². The molecule has 0 fully saturated rings. The fraction of sp³-hybridized carbons (Fsp3) is 0.158. The molecule has 0 aliphatic heterocycles. The van der Waals surface area contributed by atoms with Crippen LogP contribution in [-0.4, -0.2) is 26.9 Å². The molecular formula is C19H19N5OS. The number of amides is 1. The Hall–Kier alpha value is -2.93. The van der Waals surface area contributed by atoms with E-state index in [-0.39, 0.29) is 5.91 Å². The van der Waals surface area contributed by atoms with E-state index in [2.05, 4.69) is 20.7 Å². The van der Waals surface area contributed by atoms with Crippen molar-refractivity contribution < 1.29 is 4.79 Å². The van der Waals surface area contributed by atoms with Crippen LogP contribution in [-0.2, 0) is 12.8 Å². The van der Waals surface area contributed by atoms with Crippen LogP contribution < -0.4 is 5.43 Å². The molecule has 0 aliphatic carbocycles. The zero-order valence-corrected chi connectivity index (χ0v) is 15.4. The number of nitrogens with zero attached hydrogens (tertiary/aromatic N) is 4. The normalized spacial score (nSPS) is 11.0. The Kier molecular flexibility index (Phi) is 5.80. The average molecular weight is 365 g/mol. The third-order valence-electron chi connectivity index (χ3n) is 3.71. The highest BCUT2D eigenvalue weighted by Gasteiger charge is 2.06. The van der Waals surface area contributed by atoms with Gasteiger partial charge in [-0.15, -0.1) is 10.2 Å². The number of thioether (sulfide) groups is 1. The molecule has 1 amide bonds. The smallest absolute Gasteiger partial charge is 0.271 e. The van der Waals surface area contributed by atoms with Crippen LogP contribution in [0.4, 0.5) is 0 Å². The molecule has 2 aromatic carbocycles. The highest BCUT2D eigenvalue weighted by molar-refractivity contribution is 7.98. The van der Waals surface area contributed by atoms with E-state index in [1.54, 1.807) is 36.4 Å². The van der Waals surface area contributed by atoms with Gasteiger partial charge in [0.25, 0.3) is 5.91 Å². The average Bonchev–Trinajstić information content (AvgIpc) is 3.07. The first kappa shape index (κ1) is 17.9. The molecule has 0 aliphatic rings. The predicted octanol–water partition coefficient (Wildman–Crippen LogP) is 3.18. The summed E-state index contributed by atoms with van der Waals surface area (Å²) in [6.07, 6.45) is 3.30. The van der Waals surface area contributed by atoms with Gasteiger partial charge >= 0.3 is 0 Å². The summed E-state index contributed by atoms with van der Waals surface area (Å²) in [5.41, 5.74) is 6.35. The van der Waals surface area contributed by atoms with E-state index < -0.39 is 0 Å². The van der Waals surface area contributed by atoms with E-state index in [0.717, 1.165) is 22.0 Å². The van der Waals surface area contributed by atoms with Crippen LogP contribution in [0.15, 0.2) is 65.1 Å². The minimum atomic E-state index is -0.235. The second-order valence-electron chi connectivity index (χ2n) is 5.82. The van der Waals surface area contributed by atoms with Crippen molar-refractivity contribution in [2.75, 3.05) is 0 Å². The van der Waals surface area contributed by atoms with Crippen LogP contribution in [0.3, 0.4) is 0 Å². The summed E-state index contributed by atoms with van der Waals surface area (Å²) < 4.78 is 1.87. The van der Waals surface area contributed by atoms with Gasteiger partial charge in [-0.2, -0.15) is 5.10 Å². The SMILES string of the molecule is Cc1ccc(/C=N\NC(=O)c2ccc(CSc3nncn3C)cc2)cc1. The number of hydrazone groups is 1. The van der Waals surface area contributed by atoms with Gasteiger partial charge in [0.2, 0.25) is 0 Å². The van der Waals surface area contributed by atoms with E-state index in [1.165, 1.54) is 5.56 Å². The monoisotopic (exact) mass is 365 g/mol. The van der Waals surface area contributed by atoms with Gasteiger partial charge in [0.05, 0.1) is 6.21 Å². The number of hydrogen-bond acceptors (Lipinski definition) is 5. The van der Waals surface area contributed by atoms with Crippen LogP contribution in [0, 0.1) is 6.92 Å².